The van der Waals surface area contributed by atoms with Crippen LogP contribution in [-0.4, -0.2) is 101 Å². The standard InChI is InChI=1S/C22H25ClF2N8O3/c1-35-15-4-2-3-14-17(15)26-19(18(24)25)33(14)22-28-20(27-21(29-22)32-9-11-36-12-10-32)31-7-5-30(6-8-31)16(34)13-23/h2-4,18H,5-13H2,1H3. The van der Waals surface area contributed by atoms with Gasteiger partial charge in [0.25, 0.3) is 6.43 Å². The van der Waals surface area contributed by atoms with Crippen molar-refractivity contribution in [3.8, 4) is 11.7 Å². The molecule has 2 aromatic heterocycles. The fourth-order valence-electron chi connectivity index (χ4n) is 4.34. The molecule has 11 nitrogen and oxygen atoms in total. The molecule has 192 valence electrons. The molecule has 0 bridgehead atoms. The number of methoxy groups -OCH3 is 1. The van der Waals surface area contributed by atoms with Gasteiger partial charge in [-0.05, 0) is 12.1 Å². The summed E-state index contributed by atoms with van der Waals surface area (Å²) in [6.45, 7) is 3.96. The fourth-order valence-corrected chi connectivity index (χ4v) is 4.51. The van der Waals surface area contributed by atoms with E-state index in [-0.39, 0.29) is 17.7 Å². The van der Waals surface area contributed by atoms with Gasteiger partial charge in [-0.3, -0.25) is 9.36 Å². The Hall–Kier alpha value is -3.32. The number of hydrogen-bond donors (Lipinski definition) is 0. The van der Waals surface area contributed by atoms with Crippen molar-refractivity contribution in [1.29, 1.82) is 0 Å². The van der Waals surface area contributed by atoms with E-state index in [1.54, 1.807) is 23.1 Å². The van der Waals surface area contributed by atoms with Crippen LogP contribution in [0.1, 0.15) is 12.2 Å². The molecule has 0 atom stereocenters. The van der Waals surface area contributed by atoms with Crippen LogP contribution in [0.3, 0.4) is 0 Å². The van der Waals surface area contributed by atoms with Crippen molar-refractivity contribution in [2.75, 3.05) is 75.3 Å². The van der Waals surface area contributed by atoms with E-state index in [9.17, 15) is 13.6 Å². The lowest BCUT2D eigenvalue weighted by Gasteiger charge is -2.35. The Bertz CT molecular complexity index is 1250. The molecular formula is C22H25ClF2N8O3. The number of piperazine rings is 1. The fraction of sp³-hybridized carbons (Fsp3) is 0.500. The monoisotopic (exact) mass is 522 g/mol. The van der Waals surface area contributed by atoms with E-state index in [1.807, 2.05) is 9.80 Å². The number of para-hydroxylation sites is 1. The lowest BCUT2D eigenvalue weighted by molar-refractivity contribution is -0.128. The number of morpholine rings is 1. The molecule has 0 spiro atoms. The Morgan fingerprint density at radius 3 is 2.25 bits per heavy atom. The number of ether oxygens (including phenoxy) is 2. The smallest absolute Gasteiger partial charge is 0.296 e. The van der Waals surface area contributed by atoms with Gasteiger partial charge in [0, 0.05) is 39.3 Å². The van der Waals surface area contributed by atoms with Crippen LogP contribution in [0, 0.1) is 0 Å². The minimum Gasteiger partial charge on any atom is -0.494 e. The molecule has 3 aromatic rings. The van der Waals surface area contributed by atoms with Gasteiger partial charge in [-0.1, -0.05) is 6.07 Å². The van der Waals surface area contributed by atoms with Crippen LogP contribution in [-0.2, 0) is 9.53 Å². The van der Waals surface area contributed by atoms with Gasteiger partial charge >= 0.3 is 0 Å². The van der Waals surface area contributed by atoms with Gasteiger partial charge < -0.3 is 24.2 Å². The molecule has 0 radical (unpaired) electrons. The van der Waals surface area contributed by atoms with E-state index in [0.29, 0.717) is 81.2 Å². The average molecular weight is 523 g/mol. The van der Waals surface area contributed by atoms with E-state index in [0.717, 1.165) is 0 Å². The predicted octanol–water partition coefficient (Wildman–Crippen LogP) is 1.88. The van der Waals surface area contributed by atoms with E-state index in [1.165, 1.54) is 11.7 Å². The van der Waals surface area contributed by atoms with Gasteiger partial charge in [0.15, 0.2) is 5.82 Å². The van der Waals surface area contributed by atoms with Gasteiger partial charge in [-0.15, -0.1) is 11.6 Å². The highest BCUT2D eigenvalue weighted by atomic mass is 35.5. The number of alkyl halides is 3. The summed E-state index contributed by atoms with van der Waals surface area (Å²) in [6.07, 6.45) is -2.88. The summed E-state index contributed by atoms with van der Waals surface area (Å²) < 4.78 is 40.4. The normalized spacial score (nSPS) is 16.8. The number of anilines is 2. The number of carbonyl (C=O) groups is 1. The minimum atomic E-state index is -2.88. The van der Waals surface area contributed by atoms with Crippen LogP contribution in [0.15, 0.2) is 18.2 Å². The van der Waals surface area contributed by atoms with Crippen molar-refractivity contribution in [2.45, 2.75) is 6.43 Å². The second-order valence-corrected chi connectivity index (χ2v) is 8.54. The van der Waals surface area contributed by atoms with Crippen molar-refractivity contribution in [2.24, 2.45) is 0 Å². The maximum atomic E-state index is 14.2. The van der Waals surface area contributed by atoms with Gasteiger partial charge in [-0.2, -0.15) is 15.0 Å². The maximum Gasteiger partial charge on any atom is 0.296 e. The number of imidazole rings is 1. The molecule has 0 N–H and O–H groups in total. The molecule has 0 unspecified atom stereocenters. The van der Waals surface area contributed by atoms with Gasteiger partial charge in [-0.25, -0.2) is 13.8 Å². The van der Waals surface area contributed by atoms with Crippen molar-refractivity contribution >= 4 is 40.4 Å². The highest BCUT2D eigenvalue weighted by Gasteiger charge is 2.28. The predicted molar refractivity (Wildman–Crippen MR) is 129 cm³/mol. The zero-order chi connectivity index (χ0) is 25.2. The third-order valence-corrected chi connectivity index (χ3v) is 6.44. The van der Waals surface area contributed by atoms with Gasteiger partial charge in [0.2, 0.25) is 23.8 Å². The number of rotatable bonds is 6. The summed E-state index contributed by atoms with van der Waals surface area (Å²) >= 11 is 5.70. The quantitative estimate of drug-likeness (QED) is 0.449. The molecule has 1 aromatic carbocycles. The summed E-state index contributed by atoms with van der Waals surface area (Å²) in [5.74, 6) is 0.402. The van der Waals surface area contributed by atoms with Crippen LogP contribution in [0.4, 0.5) is 20.7 Å². The highest BCUT2D eigenvalue weighted by Crippen LogP contribution is 2.32. The molecule has 0 aliphatic carbocycles. The number of amides is 1. The Morgan fingerprint density at radius 1 is 1.00 bits per heavy atom. The zero-order valence-corrected chi connectivity index (χ0v) is 20.4. The Labute approximate surface area is 210 Å². The van der Waals surface area contributed by atoms with Crippen LogP contribution in [0.5, 0.6) is 5.75 Å². The number of benzene rings is 1. The van der Waals surface area contributed by atoms with Crippen LogP contribution in [0.2, 0.25) is 0 Å². The molecular weight excluding hydrogens is 498 g/mol. The highest BCUT2D eigenvalue weighted by molar-refractivity contribution is 6.27. The summed E-state index contributed by atoms with van der Waals surface area (Å²) in [4.78, 5) is 35.5. The van der Waals surface area contributed by atoms with Crippen molar-refractivity contribution in [3.63, 3.8) is 0 Å². The zero-order valence-electron chi connectivity index (χ0n) is 19.6. The molecule has 4 heterocycles. The van der Waals surface area contributed by atoms with E-state index < -0.39 is 12.2 Å². The summed E-state index contributed by atoms with van der Waals surface area (Å²) in [7, 11) is 1.46. The third kappa shape index (κ3) is 4.60. The maximum absolute atomic E-state index is 14.2. The summed E-state index contributed by atoms with van der Waals surface area (Å²) in [6, 6.07) is 5.03. The number of fused-ring (bicyclic) bond motifs is 1. The lowest BCUT2D eigenvalue weighted by atomic mass is 10.3. The van der Waals surface area contributed by atoms with E-state index in [4.69, 9.17) is 21.1 Å². The van der Waals surface area contributed by atoms with E-state index in [2.05, 4.69) is 19.9 Å². The first kappa shape index (κ1) is 24.4. The molecule has 14 heteroatoms. The first-order valence-electron chi connectivity index (χ1n) is 11.5. The number of hydrogen-bond acceptors (Lipinski definition) is 9. The average Bonchev–Trinajstić information content (AvgIpc) is 3.33. The van der Waals surface area contributed by atoms with Gasteiger partial charge in [0.1, 0.15) is 17.1 Å². The summed E-state index contributed by atoms with van der Waals surface area (Å²) in [5, 5.41) is 0. The molecule has 2 aliphatic rings. The Kier molecular flexibility index (Phi) is 7.01. The molecule has 5 rings (SSSR count). The van der Waals surface area contributed by atoms with E-state index >= 15 is 0 Å². The molecule has 2 fully saturated rings. The SMILES string of the molecule is COc1cccc2c1nc(C(F)F)n2-c1nc(N2CCOCC2)nc(N2CCN(C(=O)CCl)CC2)n1. The van der Waals surface area contributed by atoms with Crippen LogP contribution < -0.4 is 14.5 Å². The van der Waals surface area contributed by atoms with Crippen molar-refractivity contribution in [1.82, 2.24) is 29.4 Å². The Balaban J connectivity index is 1.61. The summed E-state index contributed by atoms with van der Waals surface area (Å²) in [5.41, 5.74) is 0.686. The lowest BCUT2D eigenvalue weighted by Crippen LogP contribution is -2.50. The largest absolute Gasteiger partial charge is 0.494 e. The molecule has 1 amide bonds. The number of nitrogens with zero attached hydrogens (tertiary/aromatic N) is 8. The molecule has 2 saturated heterocycles. The number of aromatic nitrogens is 5. The first-order chi connectivity index (χ1) is 17.5. The molecule has 2 aliphatic heterocycles. The first-order valence-corrected chi connectivity index (χ1v) is 12.0. The third-order valence-electron chi connectivity index (χ3n) is 6.21. The Morgan fingerprint density at radius 2 is 1.64 bits per heavy atom. The molecule has 36 heavy (non-hydrogen) atoms. The van der Waals surface area contributed by atoms with Crippen LogP contribution >= 0.6 is 11.6 Å². The number of halogens is 3. The van der Waals surface area contributed by atoms with Gasteiger partial charge in [0.05, 0.1) is 25.8 Å². The molecule has 0 saturated carbocycles. The number of carbonyl (C=O) groups excluding carboxylic acids is 1. The van der Waals surface area contributed by atoms with Crippen molar-refractivity contribution < 1.29 is 23.0 Å². The van der Waals surface area contributed by atoms with Crippen LogP contribution in [0.25, 0.3) is 17.0 Å². The second kappa shape index (κ2) is 10.3. The minimum absolute atomic E-state index is 0.0341. The topological polar surface area (TPSA) is 102 Å². The second-order valence-electron chi connectivity index (χ2n) is 8.27. The van der Waals surface area contributed by atoms with Crippen molar-refractivity contribution in [3.05, 3.63) is 24.0 Å².